The van der Waals surface area contributed by atoms with Crippen LogP contribution in [-0.4, -0.2) is 41.0 Å². The van der Waals surface area contributed by atoms with Gasteiger partial charge in [0.25, 0.3) is 0 Å². The first-order valence-corrected chi connectivity index (χ1v) is 20.6. The van der Waals surface area contributed by atoms with Gasteiger partial charge in [0.1, 0.15) is 6.61 Å². The minimum Gasteiger partial charge on any atom is -0.462 e. The van der Waals surface area contributed by atoms with Crippen molar-refractivity contribution in [3.63, 3.8) is 0 Å². The number of rotatable bonds is 34. The molecule has 0 radical (unpaired) electrons. The molecule has 1 atom stereocenters. The second kappa shape index (κ2) is 35.6. The van der Waals surface area contributed by atoms with Gasteiger partial charge in [-0.05, 0) is 77.0 Å². The predicted molar refractivity (Wildman–Crippen MR) is 202 cm³/mol. The number of phosphoric acid groups is 1. The summed E-state index contributed by atoms with van der Waals surface area (Å²) >= 11 is 0. The normalized spacial score (nSPS) is 13.1. The lowest BCUT2D eigenvalue weighted by molar-refractivity contribution is -0.161. The zero-order chi connectivity index (χ0) is 36.1. The van der Waals surface area contributed by atoms with Crippen LogP contribution in [0.15, 0.2) is 60.8 Å². The minimum atomic E-state index is -4.76. The molecule has 282 valence electrons. The van der Waals surface area contributed by atoms with Crippen LogP contribution in [0, 0.1) is 0 Å². The molecule has 0 aliphatic carbocycles. The van der Waals surface area contributed by atoms with E-state index in [1.54, 1.807) is 0 Å². The summed E-state index contributed by atoms with van der Waals surface area (Å²) in [5.41, 5.74) is 0. The van der Waals surface area contributed by atoms with Crippen molar-refractivity contribution in [2.45, 2.75) is 168 Å². The topological polar surface area (TPSA) is 119 Å². The van der Waals surface area contributed by atoms with Crippen molar-refractivity contribution in [3.05, 3.63) is 60.8 Å². The molecule has 0 amide bonds. The van der Waals surface area contributed by atoms with E-state index in [1.807, 2.05) is 0 Å². The van der Waals surface area contributed by atoms with Gasteiger partial charge in [0.05, 0.1) is 6.61 Å². The van der Waals surface area contributed by atoms with E-state index in [0.717, 1.165) is 89.9 Å². The van der Waals surface area contributed by atoms with Crippen molar-refractivity contribution in [1.29, 1.82) is 0 Å². The summed E-state index contributed by atoms with van der Waals surface area (Å²) in [5.74, 6) is -0.926. The third-order valence-electron chi connectivity index (χ3n) is 7.77. The number of unbranched alkanes of at least 4 members (excludes halogenated alkanes) is 14. The Morgan fingerprint density at radius 3 is 1.47 bits per heavy atom. The van der Waals surface area contributed by atoms with E-state index in [9.17, 15) is 14.2 Å². The molecule has 0 saturated carbocycles. The van der Waals surface area contributed by atoms with Crippen molar-refractivity contribution in [2.24, 2.45) is 0 Å². The number of esters is 2. The lowest BCUT2D eigenvalue weighted by Crippen LogP contribution is -2.29. The average Bonchev–Trinajstić information content (AvgIpc) is 3.07. The Bertz CT molecular complexity index is 979. The fourth-order valence-electron chi connectivity index (χ4n) is 4.95. The molecule has 0 aliphatic rings. The van der Waals surface area contributed by atoms with Gasteiger partial charge < -0.3 is 19.3 Å². The highest BCUT2D eigenvalue weighted by Gasteiger charge is 2.22. The summed E-state index contributed by atoms with van der Waals surface area (Å²) in [7, 11) is -4.76. The Hall–Kier alpha value is -2.25. The second-order valence-electron chi connectivity index (χ2n) is 12.5. The van der Waals surface area contributed by atoms with Gasteiger partial charge in [-0.2, -0.15) is 0 Å². The van der Waals surface area contributed by atoms with Gasteiger partial charge in [-0.25, -0.2) is 4.57 Å². The fourth-order valence-corrected chi connectivity index (χ4v) is 5.31. The molecule has 49 heavy (non-hydrogen) atoms. The lowest BCUT2D eigenvalue weighted by atomic mass is 10.1. The zero-order valence-corrected chi connectivity index (χ0v) is 31.7. The molecular weight excluding hydrogens is 639 g/mol. The van der Waals surface area contributed by atoms with Crippen LogP contribution in [0.2, 0.25) is 0 Å². The minimum absolute atomic E-state index is 0.187. The van der Waals surface area contributed by atoms with E-state index < -0.39 is 32.5 Å². The number of allylic oxidation sites excluding steroid dienone is 10. The summed E-state index contributed by atoms with van der Waals surface area (Å²) in [6.07, 6.45) is 43.6. The van der Waals surface area contributed by atoms with Gasteiger partial charge in [-0.15, -0.1) is 0 Å². The van der Waals surface area contributed by atoms with Gasteiger partial charge in [-0.3, -0.25) is 14.1 Å². The van der Waals surface area contributed by atoms with Gasteiger partial charge in [0.15, 0.2) is 6.10 Å². The summed E-state index contributed by atoms with van der Waals surface area (Å²) in [4.78, 5) is 42.7. The predicted octanol–water partition coefficient (Wildman–Crippen LogP) is 11.3. The summed E-state index contributed by atoms with van der Waals surface area (Å²) < 4.78 is 26.3. The van der Waals surface area contributed by atoms with Crippen LogP contribution >= 0.6 is 7.82 Å². The van der Waals surface area contributed by atoms with Crippen molar-refractivity contribution >= 4 is 19.8 Å². The molecule has 0 aromatic rings. The first-order valence-electron chi connectivity index (χ1n) is 19.1. The molecule has 0 aliphatic heterocycles. The Morgan fingerprint density at radius 2 is 0.980 bits per heavy atom. The number of carbonyl (C=O) groups excluding carboxylic acids is 2. The number of phosphoric ester groups is 1. The molecule has 0 fully saturated rings. The molecule has 1 unspecified atom stereocenters. The number of carbonyl (C=O) groups is 2. The summed E-state index contributed by atoms with van der Waals surface area (Å²) in [5, 5.41) is 0. The maximum absolute atomic E-state index is 12.4. The van der Waals surface area contributed by atoms with Gasteiger partial charge in [-0.1, -0.05) is 132 Å². The lowest BCUT2D eigenvalue weighted by Gasteiger charge is -2.18. The fraction of sp³-hybridized carbons (Fsp3) is 0.700. The molecule has 0 rings (SSSR count). The van der Waals surface area contributed by atoms with E-state index in [-0.39, 0.29) is 19.4 Å². The summed E-state index contributed by atoms with van der Waals surface area (Å²) in [6.45, 7) is 3.51. The monoisotopic (exact) mass is 708 g/mol. The SMILES string of the molecule is CC/C=C\C/C=C\C/C=C\CCCCCCCC(=O)OC(COC(=O)CCCCCCC/C=C\C/C=C\CCCCCC)COP(=O)(O)O. The first-order chi connectivity index (χ1) is 23.8. The molecule has 0 heterocycles. The zero-order valence-electron chi connectivity index (χ0n) is 30.8. The Balaban J connectivity index is 4.03. The van der Waals surface area contributed by atoms with Crippen LogP contribution in [0.25, 0.3) is 0 Å². The van der Waals surface area contributed by atoms with E-state index in [2.05, 4.69) is 79.1 Å². The smallest absolute Gasteiger partial charge is 0.462 e. The Morgan fingerprint density at radius 1 is 0.551 bits per heavy atom. The molecule has 9 heteroatoms. The standard InChI is InChI=1S/C40H69O8P/c1-3-5-7-9-11-13-15-17-19-21-22-24-26-28-30-32-34-39(41)46-36-38(37-47-49(43,44)45)48-40(42)35-33-31-29-27-25-23-20-18-16-14-12-10-8-6-4-2/h6,8,12-15,18-21,38H,3-5,7,9-11,16-17,22-37H2,1-2H3,(H2,43,44,45)/b8-6-,14-12-,15-13-,20-18-,21-19-. The molecule has 0 bridgehead atoms. The highest BCUT2D eigenvalue weighted by atomic mass is 31.2. The highest BCUT2D eigenvalue weighted by molar-refractivity contribution is 7.46. The van der Waals surface area contributed by atoms with Crippen molar-refractivity contribution in [1.82, 2.24) is 0 Å². The van der Waals surface area contributed by atoms with Crippen LogP contribution < -0.4 is 0 Å². The molecule has 0 aromatic heterocycles. The van der Waals surface area contributed by atoms with E-state index >= 15 is 0 Å². The Labute approximate surface area is 298 Å². The maximum atomic E-state index is 12.4. The molecule has 0 saturated heterocycles. The van der Waals surface area contributed by atoms with Crippen LogP contribution in [0.1, 0.15) is 162 Å². The number of ether oxygens (including phenoxy) is 2. The van der Waals surface area contributed by atoms with E-state index in [4.69, 9.17) is 19.3 Å². The molecular formula is C40H69O8P. The van der Waals surface area contributed by atoms with Crippen LogP contribution in [0.5, 0.6) is 0 Å². The van der Waals surface area contributed by atoms with Gasteiger partial charge in [0.2, 0.25) is 0 Å². The molecule has 2 N–H and O–H groups in total. The van der Waals surface area contributed by atoms with E-state index in [0.29, 0.717) is 12.8 Å². The second-order valence-corrected chi connectivity index (χ2v) is 13.8. The first kappa shape index (κ1) is 46.8. The largest absolute Gasteiger partial charge is 0.469 e. The maximum Gasteiger partial charge on any atom is 0.469 e. The highest BCUT2D eigenvalue weighted by Crippen LogP contribution is 2.36. The van der Waals surface area contributed by atoms with Crippen LogP contribution in [-0.2, 0) is 28.2 Å². The Kier molecular flexibility index (Phi) is 33.9. The molecule has 0 spiro atoms. The third-order valence-corrected chi connectivity index (χ3v) is 8.26. The van der Waals surface area contributed by atoms with E-state index in [1.165, 1.54) is 32.1 Å². The van der Waals surface area contributed by atoms with Crippen molar-refractivity contribution in [2.75, 3.05) is 13.2 Å². The third kappa shape index (κ3) is 38.4. The summed E-state index contributed by atoms with van der Waals surface area (Å²) in [6, 6.07) is 0. The number of hydrogen-bond acceptors (Lipinski definition) is 6. The van der Waals surface area contributed by atoms with Crippen LogP contribution in [0.3, 0.4) is 0 Å². The average molecular weight is 709 g/mol. The molecule has 0 aromatic carbocycles. The van der Waals surface area contributed by atoms with Crippen molar-refractivity contribution < 1.29 is 37.9 Å². The van der Waals surface area contributed by atoms with Gasteiger partial charge in [0, 0.05) is 12.8 Å². The molecule has 8 nitrogen and oxygen atoms in total. The number of hydrogen-bond donors (Lipinski definition) is 2. The van der Waals surface area contributed by atoms with Gasteiger partial charge >= 0.3 is 19.8 Å². The van der Waals surface area contributed by atoms with Crippen LogP contribution in [0.4, 0.5) is 0 Å². The quantitative estimate of drug-likeness (QED) is 0.0293. The van der Waals surface area contributed by atoms with Crippen molar-refractivity contribution in [3.8, 4) is 0 Å².